The van der Waals surface area contributed by atoms with E-state index in [1.807, 2.05) is 37.0 Å². The van der Waals surface area contributed by atoms with Crippen LogP contribution in [-0.2, 0) is 20.1 Å². The predicted molar refractivity (Wildman–Crippen MR) is 69.6 cm³/mol. The number of hydrogen-bond donors (Lipinski definition) is 1. The van der Waals surface area contributed by atoms with Crippen molar-refractivity contribution in [3.63, 3.8) is 0 Å². The molecule has 1 aromatic carbocycles. The Labute approximate surface area is 107 Å². The quantitative estimate of drug-likeness (QED) is 0.899. The lowest BCUT2D eigenvalue weighted by Gasteiger charge is -2.06. The highest BCUT2D eigenvalue weighted by Crippen LogP contribution is 2.10. The second-order valence-corrected chi connectivity index (χ2v) is 4.57. The van der Waals surface area contributed by atoms with Crippen LogP contribution < -0.4 is 5.32 Å². The van der Waals surface area contributed by atoms with Crippen molar-refractivity contribution < 1.29 is 4.39 Å². The molecule has 0 bridgehead atoms. The van der Waals surface area contributed by atoms with Crippen LogP contribution in [0.1, 0.15) is 22.4 Å². The third-order valence-corrected chi connectivity index (χ3v) is 3.20. The van der Waals surface area contributed by atoms with Crippen molar-refractivity contribution in [2.75, 3.05) is 0 Å². The minimum atomic E-state index is -0.151. The minimum absolute atomic E-state index is 0.151. The van der Waals surface area contributed by atoms with Gasteiger partial charge in [0.05, 0.1) is 6.20 Å². The third-order valence-electron chi connectivity index (χ3n) is 3.20. The molecule has 0 saturated heterocycles. The van der Waals surface area contributed by atoms with Crippen LogP contribution in [0.5, 0.6) is 0 Å². The maximum atomic E-state index is 13.1. The normalized spacial score (nSPS) is 10.9. The number of rotatable bonds is 4. The van der Waals surface area contributed by atoms with Gasteiger partial charge in [-0.25, -0.2) is 4.39 Å². The van der Waals surface area contributed by atoms with Gasteiger partial charge < -0.3 is 5.32 Å². The molecule has 0 saturated carbocycles. The van der Waals surface area contributed by atoms with E-state index in [1.165, 1.54) is 11.6 Å². The molecule has 1 heterocycles. The van der Waals surface area contributed by atoms with Crippen LogP contribution >= 0.6 is 0 Å². The average Bonchev–Trinajstić information content (AvgIpc) is 2.66. The van der Waals surface area contributed by atoms with Crippen LogP contribution in [0.4, 0.5) is 4.39 Å². The van der Waals surface area contributed by atoms with Gasteiger partial charge in [0.2, 0.25) is 0 Å². The number of aromatic nitrogens is 2. The molecular formula is C14H18FN3. The van der Waals surface area contributed by atoms with E-state index in [0.717, 1.165) is 24.3 Å². The van der Waals surface area contributed by atoms with E-state index in [-0.39, 0.29) is 5.82 Å². The van der Waals surface area contributed by atoms with E-state index in [1.54, 1.807) is 6.92 Å². The molecule has 2 rings (SSSR count). The summed E-state index contributed by atoms with van der Waals surface area (Å²) in [6, 6.07) is 5.20. The molecule has 0 atom stereocenters. The second-order valence-electron chi connectivity index (χ2n) is 4.57. The van der Waals surface area contributed by atoms with Gasteiger partial charge in [0.1, 0.15) is 5.82 Å². The molecule has 1 N–H and O–H groups in total. The molecule has 0 spiro atoms. The molecule has 0 fully saturated rings. The fourth-order valence-corrected chi connectivity index (χ4v) is 1.88. The Morgan fingerprint density at radius 1 is 1.28 bits per heavy atom. The Balaban J connectivity index is 1.92. The van der Waals surface area contributed by atoms with Crippen molar-refractivity contribution in [3.05, 3.63) is 52.6 Å². The van der Waals surface area contributed by atoms with Gasteiger partial charge in [-0.2, -0.15) is 5.10 Å². The summed E-state index contributed by atoms with van der Waals surface area (Å²) in [5.41, 5.74) is 4.14. The van der Waals surface area contributed by atoms with Crippen molar-refractivity contribution >= 4 is 0 Å². The lowest BCUT2D eigenvalue weighted by atomic mass is 10.1. The number of benzene rings is 1. The molecule has 3 nitrogen and oxygen atoms in total. The summed E-state index contributed by atoms with van der Waals surface area (Å²) in [7, 11) is 1.93. The van der Waals surface area contributed by atoms with Crippen molar-refractivity contribution in [1.29, 1.82) is 0 Å². The molecule has 0 unspecified atom stereocenters. The number of nitrogens with one attached hydrogen (secondary N) is 1. The Morgan fingerprint density at radius 2 is 2.06 bits per heavy atom. The summed E-state index contributed by atoms with van der Waals surface area (Å²) in [6.07, 6.45) is 1.87. The summed E-state index contributed by atoms with van der Waals surface area (Å²) in [5, 5.41) is 7.54. The van der Waals surface area contributed by atoms with Gasteiger partial charge in [-0.1, -0.05) is 12.1 Å². The zero-order valence-electron chi connectivity index (χ0n) is 11.0. The van der Waals surface area contributed by atoms with Gasteiger partial charge in [0.25, 0.3) is 0 Å². The second kappa shape index (κ2) is 5.31. The molecule has 18 heavy (non-hydrogen) atoms. The molecule has 1 aromatic heterocycles. The number of nitrogens with zero attached hydrogens (tertiary/aromatic N) is 2. The van der Waals surface area contributed by atoms with E-state index >= 15 is 0 Å². The van der Waals surface area contributed by atoms with Crippen LogP contribution in [-0.4, -0.2) is 9.78 Å². The van der Waals surface area contributed by atoms with Crippen molar-refractivity contribution in [1.82, 2.24) is 15.1 Å². The first-order valence-corrected chi connectivity index (χ1v) is 6.01. The van der Waals surface area contributed by atoms with Crippen molar-refractivity contribution in [2.24, 2.45) is 7.05 Å². The average molecular weight is 247 g/mol. The van der Waals surface area contributed by atoms with E-state index in [0.29, 0.717) is 5.56 Å². The topological polar surface area (TPSA) is 29.9 Å². The lowest BCUT2D eigenvalue weighted by molar-refractivity contribution is 0.615. The van der Waals surface area contributed by atoms with Crippen LogP contribution in [0.3, 0.4) is 0 Å². The fourth-order valence-electron chi connectivity index (χ4n) is 1.88. The number of aryl methyl sites for hydroxylation is 2. The molecule has 0 aliphatic carbocycles. The molecule has 0 aliphatic heterocycles. The highest BCUT2D eigenvalue weighted by molar-refractivity contribution is 5.24. The van der Waals surface area contributed by atoms with Gasteiger partial charge in [-0.3, -0.25) is 4.68 Å². The smallest absolute Gasteiger partial charge is 0.126 e. The zero-order chi connectivity index (χ0) is 13.1. The summed E-state index contributed by atoms with van der Waals surface area (Å²) in [6.45, 7) is 5.34. The highest BCUT2D eigenvalue weighted by atomic mass is 19.1. The highest BCUT2D eigenvalue weighted by Gasteiger charge is 2.03. The Hall–Kier alpha value is -1.68. The maximum Gasteiger partial charge on any atom is 0.126 e. The Morgan fingerprint density at radius 3 is 2.67 bits per heavy atom. The van der Waals surface area contributed by atoms with Gasteiger partial charge in [0.15, 0.2) is 0 Å². The van der Waals surface area contributed by atoms with Crippen LogP contribution in [0.15, 0.2) is 24.4 Å². The summed E-state index contributed by atoms with van der Waals surface area (Å²) >= 11 is 0. The first kappa shape index (κ1) is 12.8. The Bertz CT molecular complexity index is 546. The van der Waals surface area contributed by atoms with Gasteiger partial charge in [-0.15, -0.1) is 0 Å². The SMILES string of the molecule is Cc1cc(CNCc2cnn(C)c2C)ccc1F. The van der Waals surface area contributed by atoms with Gasteiger partial charge >= 0.3 is 0 Å². The van der Waals surface area contributed by atoms with Crippen LogP contribution in [0, 0.1) is 19.7 Å². The van der Waals surface area contributed by atoms with E-state index in [9.17, 15) is 4.39 Å². The number of halogens is 1. The minimum Gasteiger partial charge on any atom is -0.308 e. The molecule has 96 valence electrons. The Kier molecular flexibility index (Phi) is 3.77. The molecule has 2 aromatic rings. The monoisotopic (exact) mass is 247 g/mol. The largest absolute Gasteiger partial charge is 0.308 e. The standard InChI is InChI=1S/C14H18FN3/c1-10-6-12(4-5-14(10)15)7-16-8-13-9-17-18(3)11(13)2/h4-6,9,16H,7-8H2,1-3H3. The summed E-state index contributed by atoms with van der Waals surface area (Å²) in [5.74, 6) is -0.151. The zero-order valence-corrected chi connectivity index (χ0v) is 11.0. The molecule has 0 amide bonds. The molecule has 4 heteroatoms. The molecule has 0 radical (unpaired) electrons. The van der Waals surface area contributed by atoms with E-state index < -0.39 is 0 Å². The van der Waals surface area contributed by atoms with Crippen LogP contribution in [0.25, 0.3) is 0 Å². The summed E-state index contributed by atoms with van der Waals surface area (Å²) in [4.78, 5) is 0. The van der Waals surface area contributed by atoms with Gasteiger partial charge in [-0.05, 0) is 31.0 Å². The predicted octanol–water partition coefficient (Wildman–Crippen LogP) is 2.47. The summed E-state index contributed by atoms with van der Waals surface area (Å²) < 4.78 is 15.0. The third kappa shape index (κ3) is 2.76. The molecular weight excluding hydrogens is 229 g/mol. The van der Waals surface area contributed by atoms with Gasteiger partial charge in [0, 0.05) is 31.4 Å². The van der Waals surface area contributed by atoms with Crippen LogP contribution in [0.2, 0.25) is 0 Å². The fraction of sp³-hybridized carbons (Fsp3) is 0.357. The van der Waals surface area contributed by atoms with Crippen molar-refractivity contribution in [3.8, 4) is 0 Å². The first-order chi connectivity index (χ1) is 8.58. The van der Waals surface area contributed by atoms with E-state index in [4.69, 9.17) is 0 Å². The maximum absolute atomic E-state index is 13.1. The number of hydrogen-bond acceptors (Lipinski definition) is 2. The molecule has 0 aliphatic rings. The van der Waals surface area contributed by atoms with E-state index in [2.05, 4.69) is 10.4 Å². The van der Waals surface area contributed by atoms with Crippen molar-refractivity contribution in [2.45, 2.75) is 26.9 Å². The lowest BCUT2D eigenvalue weighted by Crippen LogP contribution is -2.13. The first-order valence-electron chi connectivity index (χ1n) is 6.01.